The Bertz CT molecular complexity index is 891. The van der Waals surface area contributed by atoms with Crippen LogP contribution in [0.15, 0.2) is 53.6 Å². The molecule has 0 saturated heterocycles. The normalized spacial score (nSPS) is 11.0. The van der Waals surface area contributed by atoms with Crippen LogP contribution in [0, 0.1) is 17.0 Å². The van der Waals surface area contributed by atoms with E-state index in [1.54, 1.807) is 18.3 Å². The number of hydrogen-bond acceptors (Lipinski definition) is 6. The van der Waals surface area contributed by atoms with Crippen LogP contribution in [0.5, 0.6) is 0 Å². The first-order valence-corrected chi connectivity index (χ1v) is 6.91. The number of fused-ring (bicyclic) bond motifs is 1. The third-order valence-corrected chi connectivity index (χ3v) is 3.36. The number of rotatable bonds is 4. The fourth-order valence-electron chi connectivity index (χ4n) is 2.17. The lowest BCUT2D eigenvalue weighted by atomic mass is 10.1. The van der Waals surface area contributed by atoms with Gasteiger partial charge in [0.05, 0.1) is 16.8 Å². The van der Waals surface area contributed by atoms with Crippen LogP contribution in [0.25, 0.3) is 10.8 Å². The Labute approximate surface area is 131 Å². The predicted molar refractivity (Wildman–Crippen MR) is 88.6 cm³/mol. The molecule has 0 atom stereocenters. The number of non-ortho nitro benzene ring substituents is 1. The van der Waals surface area contributed by atoms with Gasteiger partial charge in [-0.25, -0.2) is 0 Å². The highest BCUT2D eigenvalue weighted by Gasteiger charge is 2.05. The summed E-state index contributed by atoms with van der Waals surface area (Å²) < 4.78 is 0. The minimum Gasteiger partial charge on any atom is -0.259 e. The van der Waals surface area contributed by atoms with Crippen LogP contribution in [0.4, 0.5) is 11.5 Å². The second-order valence-corrected chi connectivity index (χ2v) is 4.90. The van der Waals surface area contributed by atoms with Gasteiger partial charge in [-0.3, -0.25) is 15.5 Å². The number of benzene rings is 2. The standard InChI is InChI=1S/C16H13N5O2/c1-11-14-4-2-3-5-15(14)16(20-18-11)19-17-10-12-6-8-13(9-7-12)21(22)23/h2-10H,1H3,(H,19,20)/b17-10+. The molecule has 0 aliphatic carbocycles. The molecular formula is C16H13N5O2. The first-order chi connectivity index (χ1) is 11.1. The van der Waals surface area contributed by atoms with Gasteiger partial charge in [0.25, 0.3) is 5.69 Å². The maximum absolute atomic E-state index is 10.6. The van der Waals surface area contributed by atoms with Crippen molar-refractivity contribution < 1.29 is 4.92 Å². The van der Waals surface area contributed by atoms with E-state index in [4.69, 9.17) is 0 Å². The summed E-state index contributed by atoms with van der Waals surface area (Å²) in [6.45, 7) is 1.90. The lowest BCUT2D eigenvalue weighted by molar-refractivity contribution is -0.384. The SMILES string of the molecule is Cc1nnc(N/N=C/c2ccc([N+](=O)[O-])cc2)c2ccccc12. The molecule has 0 spiro atoms. The summed E-state index contributed by atoms with van der Waals surface area (Å²) >= 11 is 0. The monoisotopic (exact) mass is 307 g/mol. The van der Waals surface area contributed by atoms with Gasteiger partial charge in [-0.05, 0) is 24.6 Å². The van der Waals surface area contributed by atoms with Crippen molar-refractivity contribution in [1.29, 1.82) is 0 Å². The van der Waals surface area contributed by atoms with E-state index in [0.29, 0.717) is 5.82 Å². The molecule has 3 rings (SSSR count). The topological polar surface area (TPSA) is 93.3 Å². The van der Waals surface area contributed by atoms with Crippen molar-refractivity contribution in [2.75, 3.05) is 5.43 Å². The number of nitrogens with one attached hydrogen (secondary N) is 1. The molecule has 2 aromatic carbocycles. The molecule has 0 fully saturated rings. The zero-order valence-corrected chi connectivity index (χ0v) is 12.3. The lowest BCUT2D eigenvalue weighted by Crippen LogP contribution is -1.98. The van der Waals surface area contributed by atoms with Crippen LogP contribution in [0.2, 0.25) is 0 Å². The fraction of sp³-hybridized carbons (Fsp3) is 0.0625. The smallest absolute Gasteiger partial charge is 0.259 e. The predicted octanol–water partition coefficient (Wildman–Crippen LogP) is 3.29. The summed E-state index contributed by atoms with van der Waals surface area (Å²) in [4.78, 5) is 10.2. The molecule has 23 heavy (non-hydrogen) atoms. The minimum absolute atomic E-state index is 0.0468. The number of hydrogen-bond donors (Lipinski definition) is 1. The third kappa shape index (κ3) is 3.13. The summed E-state index contributed by atoms with van der Waals surface area (Å²) in [7, 11) is 0. The zero-order chi connectivity index (χ0) is 16.2. The van der Waals surface area contributed by atoms with Gasteiger partial charge in [0.1, 0.15) is 0 Å². The fourth-order valence-corrected chi connectivity index (χ4v) is 2.17. The van der Waals surface area contributed by atoms with Gasteiger partial charge < -0.3 is 0 Å². The molecule has 0 amide bonds. The molecule has 1 N–H and O–H groups in total. The Hall–Kier alpha value is -3.35. The summed E-state index contributed by atoms with van der Waals surface area (Å²) in [5.41, 5.74) is 4.50. The maximum Gasteiger partial charge on any atom is 0.269 e. The Kier molecular flexibility index (Phi) is 3.92. The molecule has 1 aromatic heterocycles. The second kappa shape index (κ2) is 6.18. The van der Waals surface area contributed by atoms with Gasteiger partial charge in [0.2, 0.25) is 0 Å². The van der Waals surface area contributed by atoms with Crippen molar-refractivity contribution in [3.8, 4) is 0 Å². The van der Waals surface area contributed by atoms with Crippen LogP contribution in [0.3, 0.4) is 0 Å². The molecule has 7 nitrogen and oxygen atoms in total. The molecular weight excluding hydrogens is 294 g/mol. The van der Waals surface area contributed by atoms with Gasteiger partial charge in [-0.1, -0.05) is 24.3 Å². The number of aromatic nitrogens is 2. The average Bonchev–Trinajstić information content (AvgIpc) is 2.58. The Morgan fingerprint density at radius 2 is 1.78 bits per heavy atom. The summed E-state index contributed by atoms with van der Waals surface area (Å²) in [5, 5.41) is 24.9. The first-order valence-electron chi connectivity index (χ1n) is 6.91. The van der Waals surface area contributed by atoms with E-state index >= 15 is 0 Å². The van der Waals surface area contributed by atoms with E-state index in [0.717, 1.165) is 22.0 Å². The molecule has 114 valence electrons. The number of nitrogens with zero attached hydrogens (tertiary/aromatic N) is 4. The quantitative estimate of drug-likeness (QED) is 0.453. The van der Waals surface area contributed by atoms with Crippen molar-refractivity contribution in [3.63, 3.8) is 0 Å². The number of nitro benzene ring substituents is 1. The van der Waals surface area contributed by atoms with Crippen molar-refractivity contribution in [2.24, 2.45) is 5.10 Å². The molecule has 1 heterocycles. The number of aryl methyl sites for hydroxylation is 1. The Morgan fingerprint density at radius 3 is 2.48 bits per heavy atom. The largest absolute Gasteiger partial charge is 0.269 e. The van der Waals surface area contributed by atoms with E-state index in [1.807, 2.05) is 31.2 Å². The summed E-state index contributed by atoms with van der Waals surface area (Å²) in [5.74, 6) is 0.560. The highest BCUT2D eigenvalue weighted by molar-refractivity contribution is 5.93. The van der Waals surface area contributed by atoms with Crippen LogP contribution in [0.1, 0.15) is 11.3 Å². The molecule has 7 heteroatoms. The maximum atomic E-state index is 10.6. The van der Waals surface area contributed by atoms with Crippen molar-refractivity contribution in [2.45, 2.75) is 6.92 Å². The Morgan fingerprint density at radius 1 is 1.09 bits per heavy atom. The van der Waals surface area contributed by atoms with Gasteiger partial charge in [0, 0.05) is 22.9 Å². The first kappa shape index (κ1) is 14.6. The van der Waals surface area contributed by atoms with Crippen molar-refractivity contribution >= 4 is 28.5 Å². The van der Waals surface area contributed by atoms with Crippen molar-refractivity contribution in [3.05, 3.63) is 69.9 Å². The van der Waals surface area contributed by atoms with Gasteiger partial charge >= 0.3 is 0 Å². The van der Waals surface area contributed by atoms with E-state index < -0.39 is 4.92 Å². The third-order valence-electron chi connectivity index (χ3n) is 3.36. The summed E-state index contributed by atoms with van der Waals surface area (Å²) in [6.07, 6.45) is 1.57. The van der Waals surface area contributed by atoms with Gasteiger partial charge in [0.15, 0.2) is 5.82 Å². The van der Waals surface area contributed by atoms with Crippen LogP contribution in [-0.2, 0) is 0 Å². The van der Waals surface area contributed by atoms with E-state index in [1.165, 1.54) is 12.1 Å². The van der Waals surface area contributed by atoms with E-state index in [-0.39, 0.29) is 5.69 Å². The highest BCUT2D eigenvalue weighted by atomic mass is 16.6. The zero-order valence-electron chi connectivity index (χ0n) is 12.3. The number of hydrazone groups is 1. The Balaban J connectivity index is 1.80. The molecule has 0 unspecified atom stereocenters. The number of nitro groups is 1. The van der Waals surface area contributed by atoms with E-state index in [9.17, 15) is 10.1 Å². The molecule has 0 aliphatic heterocycles. The lowest BCUT2D eigenvalue weighted by Gasteiger charge is -2.05. The molecule has 0 saturated carbocycles. The highest BCUT2D eigenvalue weighted by Crippen LogP contribution is 2.22. The molecule has 3 aromatic rings. The van der Waals surface area contributed by atoms with Crippen molar-refractivity contribution in [1.82, 2.24) is 10.2 Å². The molecule has 0 bridgehead atoms. The molecule has 0 aliphatic rings. The second-order valence-electron chi connectivity index (χ2n) is 4.90. The minimum atomic E-state index is -0.437. The average molecular weight is 307 g/mol. The van der Waals surface area contributed by atoms with Crippen LogP contribution in [-0.4, -0.2) is 21.3 Å². The van der Waals surface area contributed by atoms with E-state index in [2.05, 4.69) is 20.7 Å². The molecule has 0 radical (unpaired) electrons. The summed E-state index contributed by atoms with van der Waals surface area (Å²) in [6, 6.07) is 13.9. The number of anilines is 1. The van der Waals surface area contributed by atoms with Crippen LogP contribution >= 0.6 is 0 Å². The van der Waals surface area contributed by atoms with Gasteiger partial charge in [-0.15, -0.1) is 5.10 Å². The van der Waals surface area contributed by atoms with Crippen LogP contribution < -0.4 is 5.43 Å². The van der Waals surface area contributed by atoms with Gasteiger partial charge in [-0.2, -0.15) is 10.2 Å².